The fourth-order valence-electron chi connectivity index (χ4n) is 3.16. The summed E-state index contributed by atoms with van der Waals surface area (Å²) >= 11 is 0. The van der Waals surface area contributed by atoms with Gasteiger partial charge in [0.25, 0.3) is 0 Å². The van der Waals surface area contributed by atoms with E-state index in [2.05, 4.69) is 20.8 Å². The van der Waals surface area contributed by atoms with Gasteiger partial charge in [-0.1, -0.05) is 36.4 Å². The highest BCUT2D eigenvalue weighted by Gasteiger charge is 2.21. The number of nitrogens with one attached hydrogen (secondary N) is 2. The number of hydrogen-bond donors (Lipinski definition) is 2. The van der Waals surface area contributed by atoms with Gasteiger partial charge in [-0.3, -0.25) is 0 Å². The largest absolute Gasteiger partial charge is 0.465 e. The van der Waals surface area contributed by atoms with Gasteiger partial charge in [0, 0.05) is 12.6 Å². The summed E-state index contributed by atoms with van der Waals surface area (Å²) in [6.07, 6.45) is 0.944. The molecule has 0 aliphatic carbocycles. The Morgan fingerprint density at radius 3 is 2.78 bits per heavy atom. The van der Waals surface area contributed by atoms with E-state index in [-0.39, 0.29) is 30.7 Å². The number of sulfonamides is 1. The normalized spacial score (nSPS) is 16.1. The number of esters is 1. The quantitative estimate of drug-likeness (QED) is 0.713. The molecule has 0 aromatic heterocycles. The highest BCUT2D eigenvalue weighted by Crippen LogP contribution is 2.22. The molecule has 2 aromatic rings. The molecule has 1 atom stereocenters. The van der Waals surface area contributed by atoms with Crippen LogP contribution < -0.4 is 10.0 Å². The Balaban J connectivity index is 0.00000261. The van der Waals surface area contributed by atoms with Gasteiger partial charge in [0.05, 0.1) is 18.4 Å². The van der Waals surface area contributed by atoms with Crippen molar-refractivity contribution in [3.05, 3.63) is 70.8 Å². The molecule has 2 N–H and O–H groups in total. The molecule has 1 heterocycles. The predicted octanol–water partition coefficient (Wildman–Crippen LogP) is 2.20. The molecule has 0 spiro atoms. The summed E-state index contributed by atoms with van der Waals surface area (Å²) in [5.74, 6) is -0.674. The highest BCUT2D eigenvalue weighted by atomic mass is 35.5. The Kier molecular flexibility index (Phi) is 7.38. The van der Waals surface area contributed by atoms with E-state index in [0.29, 0.717) is 11.1 Å². The third kappa shape index (κ3) is 5.52. The van der Waals surface area contributed by atoms with E-state index in [9.17, 15) is 13.2 Å². The SMILES string of the molecule is COC(=O)c1cccc(CS(=O)(=O)NCC2NCCc3ccccc32)c1.Cl. The van der Waals surface area contributed by atoms with Crippen LogP contribution in [0.1, 0.15) is 33.1 Å². The second kappa shape index (κ2) is 9.32. The van der Waals surface area contributed by atoms with Gasteiger partial charge in [-0.15, -0.1) is 12.4 Å². The standard InChI is InChI=1S/C19H22N2O4S.ClH/c1-25-19(22)16-7-4-5-14(11-16)13-26(23,24)21-12-18-17-8-3-2-6-15(17)9-10-20-18;/h2-8,11,18,20-21H,9-10,12-13H2,1H3;1H. The van der Waals surface area contributed by atoms with Crippen LogP contribution in [0.4, 0.5) is 0 Å². The number of ether oxygens (including phenoxy) is 1. The molecule has 0 amide bonds. The van der Waals surface area contributed by atoms with Gasteiger partial charge in [0.2, 0.25) is 10.0 Å². The molecule has 146 valence electrons. The Morgan fingerprint density at radius 2 is 2.00 bits per heavy atom. The van der Waals surface area contributed by atoms with Gasteiger partial charge in [0.15, 0.2) is 0 Å². The molecule has 0 saturated heterocycles. The second-order valence-corrected chi connectivity index (χ2v) is 8.06. The number of rotatable bonds is 6. The number of carbonyl (C=O) groups is 1. The van der Waals surface area contributed by atoms with Crippen LogP contribution in [0.5, 0.6) is 0 Å². The fourth-order valence-corrected chi connectivity index (χ4v) is 4.30. The molecular weight excluding hydrogens is 388 g/mol. The maximum atomic E-state index is 12.5. The van der Waals surface area contributed by atoms with Crippen LogP contribution in [0, 0.1) is 0 Å². The van der Waals surface area contributed by atoms with Crippen LogP contribution in [0.25, 0.3) is 0 Å². The first-order valence-corrected chi connectivity index (χ1v) is 10.1. The minimum absolute atomic E-state index is 0. The summed E-state index contributed by atoms with van der Waals surface area (Å²) in [6.45, 7) is 1.11. The van der Waals surface area contributed by atoms with E-state index in [1.807, 2.05) is 18.2 Å². The van der Waals surface area contributed by atoms with Crippen molar-refractivity contribution in [3.8, 4) is 0 Å². The summed E-state index contributed by atoms with van der Waals surface area (Å²) in [4.78, 5) is 11.6. The van der Waals surface area contributed by atoms with Crippen LogP contribution in [0.3, 0.4) is 0 Å². The summed E-state index contributed by atoms with van der Waals surface area (Å²) in [5.41, 5.74) is 3.26. The van der Waals surface area contributed by atoms with E-state index in [4.69, 9.17) is 0 Å². The number of fused-ring (bicyclic) bond motifs is 1. The minimum atomic E-state index is -3.53. The van der Waals surface area contributed by atoms with Crippen LogP contribution in [-0.4, -0.2) is 34.6 Å². The molecule has 8 heteroatoms. The summed E-state index contributed by atoms with van der Waals surface area (Å²) in [6, 6.07) is 14.5. The molecule has 0 fully saturated rings. The second-order valence-electron chi connectivity index (χ2n) is 6.26. The van der Waals surface area contributed by atoms with Crippen molar-refractivity contribution in [3.63, 3.8) is 0 Å². The molecule has 6 nitrogen and oxygen atoms in total. The lowest BCUT2D eigenvalue weighted by Gasteiger charge is -2.27. The van der Waals surface area contributed by atoms with Crippen molar-refractivity contribution in [1.29, 1.82) is 0 Å². The van der Waals surface area contributed by atoms with Gasteiger partial charge in [-0.2, -0.15) is 0 Å². The molecule has 0 saturated carbocycles. The van der Waals surface area contributed by atoms with Crippen molar-refractivity contribution < 1.29 is 17.9 Å². The molecule has 0 radical (unpaired) electrons. The predicted molar refractivity (Wildman–Crippen MR) is 107 cm³/mol. The van der Waals surface area contributed by atoms with Gasteiger partial charge >= 0.3 is 5.97 Å². The van der Waals surface area contributed by atoms with Crippen molar-refractivity contribution in [2.75, 3.05) is 20.2 Å². The van der Waals surface area contributed by atoms with Gasteiger partial charge < -0.3 is 10.1 Å². The molecule has 3 rings (SSSR count). The Bertz CT molecular complexity index is 902. The van der Waals surface area contributed by atoms with E-state index < -0.39 is 16.0 Å². The molecule has 2 aromatic carbocycles. The zero-order valence-electron chi connectivity index (χ0n) is 15.0. The number of benzene rings is 2. The zero-order chi connectivity index (χ0) is 18.6. The molecule has 0 bridgehead atoms. The summed E-state index contributed by atoms with van der Waals surface area (Å²) in [7, 11) is -2.23. The monoisotopic (exact) mass is 410 g/mol. The third-order valence-electron chi connectivity index (χ3n) is 4.43. The van der Waals surface area contributed by atoms with Gasteiger partial charge in [0.1, 0.15) is 0 Å². The average Bonchev–Trinajstić information content (AvgIpc) is 2.65. The number of carbonyl (C=O) groups excluding carboxylic acids is 1. The van der Waals surface area contributed by atoms with Crippen molar-refractivity contribution in [1.82, 2.24) is 10.0 Å². The van der Waals surface area contributed by atoms with E-state index in [1.165, 1.54) is 12.7 Å². The topological polar surface area (TPSA) is 84.5 Å². The van der Waals surface area contributed by atoms with E-state index in [1.54, 1.807) is 24.3 Å². The third-order valence-corrected chi connectivity index (χ3v) is 5.75. The van der Waals surface area contributed by atoms with Gasteiger partial charge in [-0.05, 0) is 41.8 Å². The molecule has 27 heavy (non-hydrogen) atoms. The number of methoxy groups -OCH3 is 1. The summed E-state index contributed by atoms with van der Waals surface area (Å²) in [5, 5.41) is 3.36. The molecular formula is C19H23ClN2O4S. The Labute approximate surface area is 165 Å². The first-order chi connectivity index (χ1) is 12.5. The molecule has 1 aliphatic heterocycles. The lowest BCUT2D eigenvalue weighted by Crippen LogP contribution is -2.39. The van der Waals surface area contributed by atoms with Crippen LogP contribution in [0.15, 0.2) is 48.5 Å². The van der Waals surface area contributed by atoms with E-state index in [0.717, 1.165) is 18.5 Å². The van der Waals surface area contributed by atoms with Crippen LogP contribution >= 0.6 is 12.4 Å². The lowest BCUT2D eigenvalue weighted by molar-refractivity contribution is 0.0600. The fraction of sp³-hybridized carbons (Fsp3) is 0.316. The Morgan fingerprint density at radius 1 is 1.22 bits per heavy atom. The van der Waals surface area contributed by atoms with Crippen molar-refractivity contribution in [2.24, 2.45) is 0 Å². The highest BCUT2D eigenvalue weighted by molar-refractivity contribution is 7.88. The van der Waals surface area contributed by atoms with Crippen molar-refractivity contribution in [2.45, 2.75) is 18.2 Å². The molecule has 1 aliphatic rings. The average molecular weight is 411 g/mol. The lowest BCUT2D eigenvalue weighted by atomic mass is 9.95. The number of halogens is 1. The maximum Gasteiger partial charge on any atom is 0.337 e. The first-order valence-electron chi connectivity index (χ1n) is 8.44. The van der Waals surface area contributed by atoms with E-state index >= 15 is 0 Å². The van der Waals surface area contributed by atoms with Crippen LogP contribution in [0.2, 0.25) is 0 Å². The minimum Gasteiger partial charge on any atom is -0.465 e. The number of hydrogen-bond acceptors (Lipinski definition) is 5. The zero-order valence-corrected chi connectivity index (χ0v) is 16.6. The Hall–Kier alpha value is -1.93. The first kappa shape index (κ1) is 21.4. The van der Waals surface area contributed by atoms with Crippen molar-refractivity contribution >= 4 is 28.4 Å². The maximum absolute atomic E-state index is 12.5. The summed E-state index contributed by atoms with van der Waals surface area (Å²) < 4.78 is 32.2. The smallest absolute Gasteiger partial charge is 0.337 e. The molecule has 1 unspecified atom stereocenters. The van der Waals surface area contributed by atoms with Crippen LogP contribution in [-0.2, 0) is 26.9 Å². The van der Waals surface area contributed by atoms with Gasteiger partial charge in [-0.25, -0.2) is 17.9 Å².